The molecule has 4 nitrogen and oxygen atoms in total. The van der Waals surface area contributed by atoms with Crippen LogP contribution in [0.5, 0.6) is 0 Å². The molecule has 0 saturated carbocycles. The number of hydrogen-bond acceptors (Lipinski definition) is 4. The Hall–Kier alpha value is -1.79. The number of hydrogen-bond donors (Lipinski definition) is 1. The summed E-state index contributed by atoms with van der Waals surface area (Å²) < 4.78 is 12.8. The summed E-state index contributed by atoms with van der Waals surface area (Å²) in [4.78, 5) is 17.8. The van der Waals surface area contributed by atoms with Gasteiger partial charge in [0.2, 0.25) is 0 Å². The molecule has 0 aliphatic rings. The molecule has 0 fully saturated rings. The van der Waals surface area contributed by atoms with Crippen molar-refractivity contribution >= 4 is 17.2 Å². The Kier molecular flexibility index (Phi) is 4.24. The van der Waals surface area contributed by atoms with E-state index in [2.05, 4.69) is 4.98 Å². The summed E-state index contributed by atoms with van der Waals surface area (Å²) >= 11 is 1.37. The van der Waals surface area contributed by atoms with Crippen molar-refractivity contribution in [3.63, 3.8) is 0 Å². The highest BCUT2D eigenvalue weighted by Crippen LogP contribution is 2.12. The second-order valence-electron chi connectivity index (χ2n) is 4.12. The van der Waals surface area contributed by atoms with Crippen LogP contribution in [0.4, 0.5) is 4.39 Å². The Morgan fingerprint density at radius 3 is 2.68 bits per heavy atom. The van der Waals surface area contributed by atoms with Gasteiger partial charge in [-0.25, -0.2) is 9.37 Å². The maximum Gasteiger partial charge on any atom is 0.273 e. The van der Waals surface area contributed by atoms with Gasteiger partial charge in [0.25, 0.3) is 5.91 Å². The summed E-state index contributed by atoms with van der Waals surface area (Å²) in [7, 11) is 1.69. The van der Waals surface area contributed by atoms with E-state index in [0.717, 1.165) is 10.6 Å². The van der Waals surface area contributed by atoms with E-state index >= 15 is 0 Å². The average Bonchev–Trinajstić information content (AvgIpc) is 2.89. The van der Waals surface area contributed by atoms with Crippen molar-refractivity contribution < 1.29 is 9.18 Å². The Morgan fingerprint density at radius 2 is 2.11 bits per heavy atom. The molecule has 1 aromatic carbocycles. The van der Waals surface area contributed by atoms with Gasteiger partial charge in [-0.2, -0.15) is 0 Å². The first-order chi connectivity index (χ1) is 9.10. The summed E-state index contributed by atoms with van der Waals surface area (Å²) in [6.45, 7) is 0.744. The van der Waals surface area contributed by atoms with Gasteiger partial charge in [0.15, 0.2) is 0 Å². The molecule has 19 heavy (non-hydrogen) atoms. The summed E-state index contributed by atoms with van der Waals surface area (Å²) in [5.41, 5.74) is 6.73. The third-order valence-corrected chi connectivity index (χ3v) is 3.50. The summed E-state index contributed by atoms with van der Waals surface area (Å²) in [5.74, 6) is -0.454. The first-order valence-corrected chi connectivity index (χ1v) is 6.62. The van der Waals surface area contributed by atoms with Crippen LogP contribution in [0, 0.1) is 5.82 Å². The third-order valence-electron chi connectivity index (χ3n) is 2.63. The van der Waals surface area contributed by atoms with Gasteiger partial charge in [-0.05, 0) is 17.7 Å². The molecule has 0 saturated heterocycles. The molecule has 1 aromatic heterocycles. The highest BCUT2D eigenvalue weighted by molar-refractivity contribution is 7.09. The Labute approximate surface area is 114 Å². The van der Waals surface area contributed by atoms with E-state index in [0.29, 0.717) is 18.8 Å². The maximum atomic E-state index is 12.8. The molecule has 0 aliphatic heterocycles. The van der Waals surface area contributed by atoms with Gasteiger partial charge >= 0.3 is 0 Å². The normalized spacial score (nSPS) is 10.5. The molecule has 0 radical (unpaired) electrons. The number of nitrogens with two attached hydrogens (primary N) is 1. The molecule has 0 spiro atoms. The number of nitrogens with zero attached hydrogens (tertiary/aromatic N) is 2. The molecule has 0 aliphatic carbocycles. The van der Waals surface area contributed by atoms with E-state index in [-0.39, 0.29) is 11.7 Å². The van der Waals surface area contributed by atoms with Crippen LogP contribution in [0.1, 0.15) is 21.1 Å². The van der Waals surface area contributed by atoms with E-state index in [1.54, 1.807) is 29.5 Å². The van der Waals surface area contributed by atoms with Crippen LogP contribution in [0.2, 0.25) is 0 Å². The van der Waals surface area contributed by atoms with Crippen LogP contribution >= 0.6 is 11.3 Å². The molecule has 6 heteroatoms. The van der Waals surface area contributed by atoms with Crippen LogP contribution < -0.4 is 5.73 Å². The summed E-state index contributed by atoms with van der Waals surface area (Å²) in [5, 5.41) is 2.43. The van der Waals surface area contributed by atoms with Gasteiger partial charge in [0.1, 0.15) is 16.5 Å². The lowest BCUT2D eigenvalue weighted by Crippen LogP contribution is -2.26. The maximum absolute atomic E-state index is 12.8. The van der Waals surface area contributed by atoms with Crippen molar-refractivity contribution in [3.05, 3.63) is 51.7 Å². The smallest absolute Gasteiger partial charge is 0.273 e. The summed E-state index contributed by atoms with van der Waals surface area (Å²) in [6.07, 6.45) is 0. The molecule has 2 aromatic rings. The number of thiazole rings is 1. The molecule has 1 amide bonds. The molecule has 0 atom stereocenters. The highest BCUT2D eigenvalue weighted by Gasteiger charge is 2.15. The van der Waals surface area contributed by atoms with E-state index in [1.807, 2.05) is 0 Å². The van der Waals surface area contributed by atoms with Crippen molar-refractivity contribution in [2.75, 3.05) is 7.05 Å². The van der Waals surface area contributed by atoms with E-state index in [4.69, 9.17) is 5.73 Å². The van der Waals surface area contributed by atoms with Gasteiger partial charge in [-0.15, -0.1) is 11.3 Å². The van der Waals surface area contributed by atoms with Crippen LogP contribution in [0.25, 0.3) is 0 Å². The van der Waals surface area contributed by atoms with Gasteiger partial charge in [-0.1, -0.05) is 12.1 Å². The van der Waals surface area contributed by atoms with Crippen molar-refractivity contribution in [2.24, 2.45) is 5.73 Å². The molecular weight excluding hydrogens is 265 g/mol. The number of aromatic nitrogens is 1. The predicted octanol–water partition coefficient (Wildman–Crippen LogP) is 2.01. The standard InChI is InChI=1S/C13H14FN3OS/c1-17(7-9-2-4-10(14)5-3-9)13(18)11-8-19-12(6-15)16-11/h2-5,8H,6-7,15H2,1H3. The number of halogens is 1. The number of carbonyl (C=O) groups excluding carboxylic acids is 1. The van der Waals surface area contributed by atoms with Crippen molar-refractivity contribution in [2.45, 2.75) is 13.1 Å². The van der Waals surface area contributed by atoms with Crippen molar-refractivity contribution in [3.8, 4) is 0 Å². The zero-order valence-electron chi connectivity index (χ0n) is 10.5. The molecule has 1 heterocycles. The quantitative estimate of drug-likeness (QED) is 0.931. The highest BCUT2D eigenvalue weighted by atomic mass is 32.1. The molecule has 0 unspecified atom stereocenters. The topological polar surface area (TPSA) is 59.2 Å². The minimum Gasteiger partial charge on any atom is -0.336 e. The lowest BCUT2D eigenvalue weighted by molar-refractivity contribution is 0.0780. The van der Waals surface area contributed by atoms with Crippen molar-refractivity contribution in [1.29, 1.82) is 0 Å². The zero-order chi connectivity index (χ0) is 13.8. The second kappa shape index (κ2) is 5.90. The fraction of sp³-hybridized carbons (Fsp3) is 0.231. The number of benzene rings is 1. The van der Waals surface area contributed by atoms with Gasteiger partial charge in [0.05, 0.1) is 0 Å². The first-order valence-electron chi connectivity index (χ1n) is 5.74. The Balaban J connectivity index is 2.04. The fourth-order valence-corrected chi connectivity index (χ4v) is 2.28. The zero-order valence-corrected chi connectivity index (χ0v) is 11.3. The first kappa shape index (κ1) is 13.6. The van der Waals surface area contributed by atoms with E-state index in [1.165, 1.54) is 23.5 Å². The third kappa shape index (κ3) is 3.36. The van der Waals surface area contributed by atoms with E-state index in [9.17, 15) is 9.18 Å². The SMILES string of the molecule is CN(Cc1ccc(F)cc1)C(=O)c1csc(CN)n1. The molecule has 0 bridgehead atoms. The molecule has 2 rings (SSSR count). The van der Waals surface area contributed by atoms with Crippen LogP contribution in [-0.4, -0.2) is 22.8 Å². The fourth-order valence-electron chi connectivity index (χ4n) is 1.63. The molecule has 2 N–H and O–H groups in total. The molecule has 100 valence electrons. The average molecular weight is 279 g/mol. The second-order valence-corrected chi connectivity index (χ2v) is 5.06. The van der Waals surface area contributed by atoms with E-state index < -0.39 is 0 Å². The summed E-state index contributed by atoms with van der Waals surface area (Å²) in [6, 6.07) is 6.07. The monoisotopic (exact) mass is 279 g/mol. The number of rotatable bonds is 4. The van der Waals surface area contributed by atoms with Crippen LogP contribution in [0.15, 0.2) is 29.6 Å². The van der Waals surface area contributed by atoms with Crippen LogP contribution in [0.3, 0.4) is 0 Å². The Bertz CT molecular complexity index is 568. The number of carbonyl (C=O) groups is 1. The lowest BCUT2D eigenvalue weighted by atomic mass is 10.2. The lowest BCUT2D eigenvalue weighted by Gasteiger charge is -2.15. The van der Waals surface area contributed by atoms with Crippen LogP contribution in [-0.2, 0) is 13.1 Å². The van der Waals surface area contributed by atoms with Crippen molar-refractivity contribution in [1.82, 2.24) is 9.88 Å². The predicted molar refractivity (Wildman–Crippen MR) is 72.2 cm³/mol. The largest absolute Gasteiger partial charge is 0.336 e. The molecular formula is C13H14FN3OS. The minimum absolute atomic E-state index is 0.166. The Morgan fingerprint density at radius 1 is 1.42 bits per heavy atom. The van der Waals surface area contributed by atoms with Gasteiger partial charge in [-0.3, -0.25) is 4.79 Å². The minimum atomic E-state index is -0.287. The van der Waals surface area contributed by atoms with Gasteiger partial charge in [0, 0.05) is 25.5 Å². The van der Waals surface area contributed by atoms with Gasteiger partial charge < -0.3 is 10.6 Å². The number of amides is 1.